The molecule has 0 amide bonds. The SMILES string of the molecule is c1ccc(-c2ccc3c4c5cccc6cc(-c7ccc8ccccc8c7)c7cccc(c7c65)c4n(-c4ccccc4)c3c2)cc1. The van der Waals surface area contributed by atoms with Gasteiger partial charge in [0.25, 0.3) is 0 Å². The number of nitrogens with zero attached hydrogens (tertiary/aromatic N) is 1. The van der Waals surface area contributed by atoms with E-state index in [4.69, 9.17) is 0 Å². The van der Waals surface area contributed by atoms with E-state index in [1.807, 2.05) is 0 Å². The summed E-state index contributed by atoms with van der Waals surface area (Å²) in [5.74, 6) is 0. The fourth-order valence-electron chi connectivity index (χ4n) is 7.72. The molecule has 1 heteroatoms. The molecule has 0 unspecified atom stereocenters. The molecule has 0 aliphatic carbocycles. The average molecular weight is 570 g/mol. The van der Waals surface area contributed by atoms with E-state index in [2.05, 4.69) is 168 Å². The third kappa shape index (κ3) is 3.50. The number of aromatic nitrogens is 1. The summed E-state index contributed by atoms with van der Waals surface area (Å²) < 4.78 is 2.50. The lowest BCUT2D eigenvalue weighted by Crippen LogP contribution is -1.96. The number of rotatable bonds is 3. The Balaban J connectivity index is 1.40. The first-order valence-electron chi connectivity index (χ1n) is 15.6. The van der Waals surface area contributed by atoms with Gasteiger partial charge >= 0.3 is 0 Å². The zero-order valence-electron chi connectivity index (χ0n) is 24.5. The van der Waals surface area contributed by atoms with Crippen molar-refractivity contribution in [1.82, 2.24) is 4.57 Å². The zero-order chi connectivity index (χ0) is 29.5. The van der Waals surface area contributed by atoms with Crippen molar-refractivity contribution < 1.29 is 0 Å². The van der Waals surface area contributed by atoms with Crippen LogP contribution in [0.3, 0.4) is 0 Å². The molecule has 45 heavy (non-hydrogen) atoms. The van der Waals surface area contributed by atoms with Crippen molar-refractivity contribution in [2.45, 2.75) is 0 Å². The summed E-state index contributed by atoms with van der Waals surface area (Å²) in [4.78, 5) is 0. The van der Waals surface area contributed by atoms with E-state index < -0.39 is 0 Å². The summed E-state index contributed by atoms with van der Waals surface area (Å²) in [5, 5.41) is 13.0. The Kier molecular flexibility index (Phi) is 5.06. The molecule has 9 aromatic carbocycles. The Morgan fingerprint density at radius 3 is 1.89 bits per heavy atom. The first-order chi connectivity index (χ1) is 22.3. The number of hydrogen-bond acceptors (Lipinski definition) is 0. The van der Waals surface area contributed by atoms with Gasteiger partial charge in [-0.2, -0.15) is 0 Å². The topological polar surface area (TPSA) is 4.93 Å². The van der Waals surface area contributed by atoms with Gasteiger partial charge in [-0.15, -0.1) is 0 Å². The number of hydrogen-bond donors (Lipinski definition) is 0. The van der Waals surface area contributed by atoms with Gasteiger partial charge in [0.1, 0.15) is 0 Å². The van der Waals surface area contributed by atoms with Crippen LogP contribution in [0.4, 0.5) is 0 Å². The van der Waals surface area contributed by atoms with Gasteiger partial charge in [-0.05, 0) is 84.9 Å². The molecule has 1 aromatic heterocycles. The van der Waals surface area contributed by atoms with Gasteiger partial charge in [-0.25, -0.2) is 0 Å². The highest BCUT2D eigenvalue weighted by molar-refractivity contribution is 6.39. The molecule has 0 saturated heterocycles. The number of fused-ring (bicyclic) bond motifs is 6. The first-order valence-corrected chi connectivity index (χ1v) is 15.6. The van der Waals surface area contributed by atoms with Gasteiger partial charge in [0.2, 0.25) is 0 Å². The van der Waals surface area contributed by atoms with E-state index in [-0.39, 0.29) is 0 Å². The third-order valence-electron chi connectivity index (χ3n) is 9.68. The molecule has 0 fully saturated rings. The minimum absolute atomic E-state index is 1.17. The van der Waals surface area contributed by atoms with E-state index in [1.54, 1.807) is 0 Å². The maximum Gasteiger partial charge on any atom is 0.0626 e. The first kappa shape index (κ1) is 24.5. The summed E-state index contributed by atoms with van der Waals surface area (Å²) >= 11 is 0. The minimum Gasteiger partial charge on any atom is -0.309 e. The molecule has 0 saturated carbocycles. The zero-order valence-corrected chi connectivity index (χ0v) is 24.5. The molecule has 10 aromatic rings. The van der Waals surface area contributed by atoms with Crippen molar-refractivity contribution in [1.29, 1.82) is 0 Å². The van der Waals surface area contributed by atoms with E-state index in [9.17, 15) is 0 Å². The summed E-state index contributed by atoms with van der Waals surface area (Å²) in [7, 11) is 0. The molecular weight excluding hydrogens is 542 g/mol. The van der Waals surface area contributed by atoms with Gasteiger partial charge < -0.3 is 4.57 Å². The standard InChI is InChI=1S/C44H27N/c1-3-11-28(12-4-1)31-23-24-36-40(27-31)45(34-16-5-2-6-17-34)44-38-20-10-18-35-39(32-22-21-29-13-7-8-14-30(29)25-32)26-33-15-9-19-37(43(36)44)41(33)42(35)38/h1-27H. The van der Waals surface area contributed by atoms with E-state index in [1.165, 1.54) is 92.8 Å². The van der Waals surface area contributed by atoms with Crippen LogP contribution in [-0.2, 0) is 0 Å². The average Bonchev–Trinajstić information content (AvgIpc) is 3.46. The lowest BCUT2D eigenvalue weighted by Gasteiger charge is -2.18. The predicted molar refractivity (Wildman–Crippen MR) is 193 cm³/mol. The largest absolute Gasteiger partial charge is 0.309 e. The van der Waals surface area contributed by atoms with E-state index >= 15 is 0 Å². The summed E-state index contributed by atoms with van der Waals surface area (Å²) in [5.41, 5.74) is 8.65. The second-order valence-corrected chi connectivity index (χ2v) is 12.1. The Labute approximate surface area is 260 Å². The van der Waals surface area contributed by atoms with Gasteiger partial charge in [-0.1, -0.05) is 133 Å². The minimum atomic E-state index is 1.17. The van der Waals surface area contributed by atoms with Crippen molar-refractivity contribution in [3.05, 3.63) is 164 Å². The third-order valence-corrected chi connectivity index (χ3v) is 9.68. The second-order valence-electron chi connectivity index (χ2n) is 12.1. The highest BCUT2D eigenvalue weighted by atomic mass is 15.0. The lowest BCUT2D eigenvalue weighted by molar-refractivity contribution is 1.19. The van der Waals surface area contributed by atoms with Crippen molar-refractivity contribution in [2.75, 3.05) is 0 Å². The van der Waals surface area contributed by atoms with Crippen LogP contribution < -0.4 is 0 Å². The van der Waals surface area contributed by atoms with Crippen molar-refractivity contribution in [3.8, 4) is 27.9 Å². The molecule has 0 aliphatic rings. The van der Waals surface area contributed by atoms with Crippen LogP contribution in [0.5, 0.6) is 0 Å². The maximum atomic E-state index is 2.50. The fraction of sp³-hybridized carbons (Fsp3) is 0. The van der Waals surface area contributed by atoms with Crippen LogP contribution in [-0.4, -0.2) is 4.57 Å². The monoisotopic (exact) mass is 569 g/mol. The molecule has 208 valence electrons. The van der Waals surface area contributed by atoms with Crippen LogP contribution in [0.1, 0.15) is 0 Å². The Morgan fingerprint density at radius 2 is 1.02 bits per heavy atom. The highest BCUT2D eigenvalue weighted by Gasteiger charge is 2.22. The summed E-state index contributed by atoms with van der Waals surface area (Å²) in [6.45, 7) is 0. The fourth-order valence-corrected chi connectivity index (χ4v) is 7.72. The Hall–Kier alpha value is -5.92. The van der Waals surface area contributed by atoms with Crippen LogP contribution in [0.2, 0.25) is 0 Å². The molecule has 0 radical (unpaired) electrons. The molecule has 0 N–H and O–H groups in total. The molecule has 10 rings (SSSR count). The predicted octanol–water partition coefficient (Wildman–Crippen LogP) is 12.2. The molecular formula is C44H27N. The van der Waals surface area contributed by atoms with Crippen molar-refractivity contribution >= 4 is 64.9 Å². The maximum absolute atomic E-state index is 2.50. The lowest BCUT2D eigenvalue weighted by atomic mass is 9.86. The molecule has 1 nitrogen and oxygen atoms in total. The Bertz CT molecular complexity index is 2730. The molecule has 1 heterocycles. The van der Waals surface area contributed by atoms with Crippen molar-refractivity contribution in [2.24, 2.45) is 0 Å². The van der Waals surface area contributed by atoms with Gasteiger partial charge in [0.15, 0.2) is 0 Å². The summed E-state index contributed by atoms with van der Waals surface area (Å²) in [6, 6.07) is 60.2. The molecule has 0 atom stereocenters. The van der Waals surface area contributed by atoms with Gasteiger partial charge in [-0.3, -0.25) is 0 Å². The number of para-hydroxylation sites is 1. The summed E-state index contributed by atoms with van der Waals surface area (Å²) in [6.07, 6.45) is 0. The van der Waals surface area contributed by atoms with Crippen LogP contribution in [0.25, 0.3) is 92.8 Å². The van der Waals surface area contributed by atoms with E-state index in [0.29, 0.717) is 0 Å². The van der Waals surface area contributed by atoms with Crippen molar-refractivity contribution in [3.63, 3.8) is 0 Å². The number of benzene rings is 9. The van der Waals surface area contributed by atoms with Gasteiger partial charge in [0.05, 0.1) is 11.0 Å². The molecule has 0 aliphatic heterocycles. The quantitative estimate of drug-likeness (QED) is 0.187. The Morgan fingerprint density at radius 1 is 0.333 bits per heavy atom. The normalized spacial score (nSPS) is 12.0. The van der Waals surface area contributed by atoms with Gasteiger partial charge in [0, 0.05) is 27.2 Å². The van der Waals surface area contributed by atoms with Crippen LogP contribution >= 0.6 is 0 Å². The van der Waals surface area contributed by atoms with E-state index in [0.717, 1.165) is 0 Å². The second kappa shape index (κ2) is 9.29. The van der Waals surface area contributed by atoms with Crippen LogP contribution in [0, 0.1) is 0 Å². The molecule has 0 spiro atoms. The van der Waals surface area contributed by atoms with Crippen LogP contribution in [0.15, 0.2) is 164 Å². The smallest absolute Gasteiger partial charge is 0.0626 e. The molecule has 0 bridgehead atoms. The highest BCUT2D eigenvalue weighted by Crippen LogP contribution is 2.48.